The summed E-state index contributed by atoms with van der Waals surface area (Å²) in [5, 5.41) is 2.99. The van der Waals surface area contributed by atoms with Crippen molar-refractivity contribution in [2.75, 3.05) is 18.9 Å². The van der Waals surface area contributed by atoms with Crippen molar-refractivity contribution in [3.05, 3.63) is 29.8 Å². The molecular weight excluding hydrogens is 212 g/mol. The lowest BCUT2D eigenvalue weighted by atomic mass is 10.0. The molecule has 1 aliphatic rings. The molecule has 1 aliphatic heterocycles. The highest BCUT2D eigenvalue weighted by Crippen LogP contribution is 2.17. The minimum absolute atomic E-state index is 0.0325. The Hall–Kier alpha value is -1.35. The number of anilines is 1. The van der Waals surface area contributed by atoms with E-state index in [4.69, 9.17) is 0 Å². The Morgan fingerprint density at radius 1 is 1.29 bits per heavy atom. The number of carbonyl (C=O) groups is 1. The van der Waals surface area contributed by atoms with Crippen LogP contribution in [0, 0.1) is 6.92 Å². The van der Waals surface area contributed by atoms with Gasteiger partial charge in [0.15, 0.2) is 0 Å². The van der Waals surface area contributed by atoms with E-state index in [0.29, 0.717) is 0 Å². The van der Waals surface area contributed by atoms with Gasteiger partial charge in [0.1, 0.15) is 0 Å². The largest absolute Gasteiger partial charge is 0.325 e. The van der Waals surface area contributed by atoms with Gasteiger partial charge >= 0.3 is 0 Å². The Bertz CT molecular complexity index is 386. The monoisotopic (exact) mass is 232 g/mol. The van der Waals surface area contributed by atoms with E-state index in [1.807, 2.05) is 38.2 Å². The summed E-state index contributed by atoms with van der Waals surface area (Å²) in [6, 6.07) is 7.97. The number of carbonyl (C=O) groups excluding carboxylic acids is 1. The molecule has 3 nitrogen and oxygen atoms in total. The molecule has 0 spiro atoms. The summed E-state index contributed by atoms with van der Waals surface area (Å²) >= 11 is 0. The second-order valence-corrected chi connectivity index (χ2v) is 4.85. The second kappa shape index (κ2) is 5.32. The zero-order valence-electron chi connectivity index (χ0n) is 10.6. The fourth-order valence-corrected chi connectivity index (χ4v) is 2.27. The first-order chi connectivity index (χ1) is 8.16. The van der Waals surface area contributed by atoms with Crippen molar-refractivity contribution < 1.29 is 4.79 Å². The minimum atomic E-state index is 0.0325. The van der Waals surface area contributed by atoms with E-state index < -0.39 is 0 Å². The van der Waals surface area contributed by atoms with Gasteiger partial charge in [-0.25, -0.2) is 0 Å². The first kappa shape index (κ1) is 12.1. The maximum absolute atomic E-state index is 12.1. The molecule has 0 aliphatic carbocycles. The molecular formula is C14H20N2O. The standard InChI is InChI=1S/C14H20N2O/c1-11-6-8-12(9-7-11)15-14(17)13-5-3-4-10-16(13)2/h6-9,13H,3-5,10H2,1-2H3,(H,15,17). The van der Waals surface area contributed by atoms with Crippen LogP contribution in [0.4, 0.5) is 5.69 Å². The van der Waals surface area contributed by atoms with Gasteiger partial charge in [-0.1, -0.05) is 24.1 Å². The van der Waals surface area contributed by atoms with Crippen LogP contribution in [0.3, 0.4) is 0 Å². The van der Waals surface area contributed by atoms with Crippen LogP contribution in [-0.2, 0) is 4.79 Å². The lowest BCUT2D eigenvalue weighted by molar-refractivity contribution is -0.121. The van der Waals surface area contributed by atoms with Crippen molar-refractivity contribution in [1.82, 2.24) is 4.90 Å². The molecule has 3 heteroatoms. The number of benzene rings is 1. The SMILES string of the molecule is Cc1ccc(NC(=O)C2CCCCN2C)cc1. The average Bonchev–Trinajstić information content (AvgIpc) is 2.32. The molecule has 0 aromatic heterocycles. The second-order valence-electron chi connectivity index (χ2n) is 4.85. The quantitative estimate of drug-likeness (QED) is 0.849. The molecule has 2 rings (SSSR count). The zero-order chi connectivity index (χ0) is 12.3. The van der Waals surface area contributed by atoms with Gasteiger partial charge < -0.3 is 5.32 Å². The molecule has 1 aromatic rings. The molecule has 1 unspecified atom stereocenters. The van der Waals surface area contributed by atoms with Crippen LogP contribution in [0.5, 0.6) is 0 Å². The van der Waals surface area contributed by atoms with Crippen LogP contribution in [0.25, 0.3) is 0 Å². The Labute approximate surface area is 103 Å². The van der Waals surface area contributed by atoms with Crippen molar-refractivity contribution in [1.29, 1.82) is 0 Å². The third kappa shape index (κ3) is 3.07. The molecule has 1 amide bonds. The van der Waals surface area contributed by atoms with E-state index in [9.17, 15) is 4.79 Å². The maximum atomic E-state index is 12.1. The fourth-order valence-electron chi connectivity index (χ4n) is 2.27. The van der Waals surface area contributed by atoms with E-state index in [1.165, 1.54) is 12.0 Å². The average molecular weight is 232 g/mol. The van der Waals surface area contributed by atoms with Gasteiger partial charge in [0.25, 0.3) is 0 Å². The van der Waals surface area contributed by atoms with Crippen molar-refractivity contribution in [3.8, 4) is 0 Å². The summed E-state index contributed by atoms with van der Waals surface area (Å²) in [6.07, 6.45) is 3.31. The summed E-state index contributed by atoms with van der Waals surface area (Å²) in [7, 11) is 2.03. The number of likely N-dealkylation sites (tertiary alicyclic amines) is 1. The Kier molecular flexibility index (Phi) is 3.79. The number of nitrogens with one attached hydrogen (secondary N) is 1. The van der Waals surface area contributed by atoms with Crippen molar-refractivity contribution in [2.24, 2.45) is 0 Å². The predicted molar refractivity (Wildman–Crippen MR) is 70.1 cm³/mol. The summed E-state index contributed by atoms with van der Waals surface area (Å²) in [5.74, 6) is 0.121. The molecule has 1 N–H and O–H groups in total. The molecule has 1 heterocycles. The Morgan fingerprint density at radius 2 is 2.00 bits per heavy atom. The lowest BCUT2D eigenvalue weighted by Gasteiger charge is -2.31. The van der Waals surface area contributed by atoms with E-state index in [0.717, 1.165) is 25.1 Å². The van der Waals surface area contributed by atoms with E-state index in [2.05, 4.69) is 10.2 Å². The number of nitrogens with zero attached hydrogens (tertiary/aromatic N) is 1. The first-order valence-electron chi connectivity index (χ1n) is 6.24. The van der Waals surface area contributed by atoms with Gasteiger partial charge in [-0.05, 0) is 45.5 Å². The van der Waals surface area contributed by atoms with Gasteiger partial charge in [0.05, 0.1) is 6.04 Å². The van der Waals surface area contributed by atoms with Crippen molar-refractivity contribution in [2.45, 2.75) is 32.2 Å². The van der Waals surface area contributed by atoms with Crippen LogP contribution in [-0.4, -0.2) is 30.4 Å². The highest BCUT2D eigenvalue weighted by Gasteiger charge is 2.25. The van der Waals surface area contributed by atoms with Crippen molar-refractivity contribution >= 4 is 11.6 Å². The van der Waals surface area contributed by atoms with Crippen LogP contribution >= 0.6 is 0 Å². The fraction of sp³-hybridized carbons (Fsp3) is 0.500. The predicted octanol–water partition coefficient (Wildman–Crippen LogP) is 2.42. The number of likely N-dealkylation sites (N-methyl/N-ethyl adjacent to an activating group) is 1. The number of piperidine rings is 1. The summed E-state index contributed by atoms with van der Waals surface area (Å²) in [5.41, 5.74) is 2.09. The van der Waals surface area contributed by atoms with E-state index >= 15 is 0 Å². The van der Waals surface area contributed by atoms with Gasteiger partial charge in [0.2, 0.25) is 5.91 Å². The smallest absolute Gasteiger partial charge is 0.241 e. The van der Waals surface area contributed by atoms with Gasteiger partial charge in [-0.2, -0.15) is 0 Å². The third-order valence-corrected chi connectivity index (χ3v) is 3.39. The van der Waals surface area contributed by atoms with Crippen LogP contribution < -0.4 is 5.32 Å². The van der Waals surface area contributed by atoms with Crippen LogP contribution in [0.1, 0.15) is 24.8 Å². The molecule has 17 heavy (non-hydrogen) atoms. The van der Waals surface area contributed by atoms with Gasteiger partial charge in [0, 0.05) is 5.69 Å². The topological polar surface area (TPSA) is 32.3 Å². The highest BCUT2D eigenvalue weighted by molar-refractivity contribution is 5.94. The zero-order valence-corrected chi connectivity index (χ0v) is 10.6. The maximum Gasteiger partial charge on any atom is 0.241 e. The molecule has 0 saturated carbocycles. The molecule has 0 bridgehead atoms. The molecule has 0 radical (unpaired) electrons. The summed E-state index contributed by atoms with van der Waals surface area (Å²) < 4.78 is 0. The highest BCUT2D eigenvalue weighted by atomic mass is 16.2. The third-order valence-electron chi connectivity index (χ3n) is 3.39. The van der Waals surface area contributed by atoms with E-state index in [1.54, 1.807) is 0 Å². The van der Waals surface area contributed by atoms with Crippen LogP contribution in [0.15, 0.2) is 24.3 Å². The summed E-state index contributed by atoms with van der Waals surface area (Å²) in [6.45, 7) is 3.06. The van der Waals surface area contributed by atoms with Gasteiger partial charge in [-0.3, -0.25) is 9.69 Å². The van der Waals surface area contributed by atoms with Crippen molar-refractivity contribution in [3.63, 3.8) is 0 Å². The number of rotatable bonds is 2. The Morgan fingerprint density at radius 3 is 2.65 bits per heavy atom. The van der Waals surface area contributed by atoms with Gasteiger partial charge in [-0.15, -0.1) is 0 Å². The Balaban J connectivity index is 1.98. The number of amides is 1. The number of hydrogen-bond donors (Lipinski definition) is 1. The molecule has 92 valence electrons. The molecule has 1 saturated heterocycles. The first-order valence-corrected chi connectivity index (χ1v) is 6.24. The number of hydrogen-bond acceptors (Lipinski definition) is 2. The molecule has 1 atom stereocenters. The van der Waals surface area contributed by atoms with E-state index in [-0.39, 0.29) is 11.9 Å². The van der Waals surface area contributed by atoms with Crippen LogP contribution in [0.2, 0.25) is 0 Å². The minimum Gasteiger partial charge on any atom is -0.325 e. The summed E-state index contributed by atoms with van der Waals surface area (Å²) in [4.78, 5) is 14.3. The lowest BCUT2D eigenvalue weighted by Crippen LogP contribution is -2.44. The molecule has 1 fully saturated rings. The normalized spacial score (nSPS) is 21.2. The molecule has 1 aromatic carbocycles. The number of aryl methyl sites for hydroxylation is 1.